The van der Waals surface area contributed by atoms with Crippen molar-refractivity contribution in [2.75, 3.05) is 37.7 Å². The average molecular weight is 346 g/mol. The summed E-state index contributed by atoms with van der Waals surface area (Å²) < 4.78 is 5.46. The third kappa shape index (κ3) is 4.19. The summed E-state index contributed by atoms with van der Waals surface area (Å²) in [5, 5.41) is 9.25. The molecule has 2 aliphatic rings. The normalized spacial score (nSPS) is 20.3. The molecule has 136 valence electrons. The maximum absolute atomic E-state index is 13.1. The van der Waals surface area contributed by atoms with Gasteiger partial charge in [-0.15, -0.1) is 0 Å². The Hall–Kier alpha value is -1.92. The van der Waals surface area contributed by atoms with Gasteiger partial charge in [0.2, 0.25) is 5.91 Å². The zero-order chi connectivity index (χ0) is 17.7. The highest BCUT2D eigenvalue weighted by Gasteiger charge is 2.42. The Bertz CT molecular complexity index is 593. The quantitative estimate of drug-likeness (QED) is 0.855. The van der Waals surface area contributed by atoms with Crippen molar-refractivity contribution >= 4 is 17.6 Å². The Morgan fingerprint density at radius 1 is 1.12 bits per heavy atom. The molecular weight excluding hydrogens is 320 g/mol. The highest BCUT2D eigenvalue weighted by molar-refractivity contribution is 5.97. The molecule has 1 heterocycles. The molecule has 0 atom stereocenters. The van der Waals surface area contributed by atoms with Gasteiger partial charge in [0.15, 0.2) is 0 Å². The van der Waals surface area contributed by atoms with Crippen molar-refractivity contribution in [3.8, 4) is 0 Å². The van der Waals surface area contributed by atoms with E-state index in [1.54, 1.807) is 12.1 Å². The lowest BCUT2D eigenvalue weighted by atomic mass is 9.89. The number of morpholine rings is 1. The zero-order valence-corrected chi connectivity index (χ0v) is 14.5. The third-order valence-corrected chi connectivity index (χ3v) is 5.36. The molecule has 3 rings (SSSR count). The van der Waals surface area contributed by atoms with Gasteiger partial charge in [0, 0.05) is 30.7 Å². The van der Waals surface area contributed by atoms with E-state index < -0.39 is 5.97 Å². The van der Waals surface area contributed by atoms with E-state index in [0.717, 1.165) is 38.8 Å². The lowest BCUT2D eigenvalue weighted by Gasteiger charge is -2.43. The van der Waals surface area contributed by atoms with Crippen LogP contribution in [-0.4, -0.2) is 60.3 Å². The first-order valence-corrected chi connectivity index (χ1v) is 9.01. The van der Waals surface area contributed by atoms with E-state index in [9.17, 15) is 14.7 Å². The molecule has 1 amide bonds. The molecule has 0 aromatic heterocycles. The van der Waals surface area contributed by atoms with Crippen molar-refractivity contribution in [3.63, 3.8) is 0 Å². The van der Waals surface area contributed by atoms with Crippen LogP contribution in [0.25, 0.3) is 0 Å². The predicted octanol–water partition coefficient (Wildman–Crippen LogP) is 2.14. The van der Waals surface area contributed by atoms with E-state index in [4.69, 9.17) is 4.74 Å². The van der Waals surface area contributed by atoms with Crippen molar-refractivity contribution in [1.82, 2.24) is 4.90 Å². The van der Waals surface area contributed by atoms with Crippen LogP contribution in [0, 0.1) is 0 Å². The van der Waals surface area contributed by atoms with Gasteiger partial charge in [0.1, 0.15) is 6.54 Å². The second-order valence-electron chi connectivity index (χ2n) is 6.92. The van der Waals surface area contributed by atoms with Gasteiger partial charge in [-0.2, -0.15) is 0 Å². The number of amides is 1. The second kappa shape index (κ2) is 7.97. The van der Waals surface area contributed by atoms with Crippen LogP contribution >= 0.6 is 0 Å². The van der Waals surface area contributed by atoms with E-state index in [0.29, 0.717) is 25.3 Å². The number of rotatable bonds is 6. The summed E-state index contributed by atoms with van der Waals surface area (Å²) in [5.74, 6) is -1.11. The maximum atomic E-state index is 13.1. The third-order valence-electron chi connectivity index (χ3n) is 5.36. The molecule has 6 heteroatoms. The molecule has 1 aliphatic heterocycles. The molecule has 1 N–H and O–H groups in total. The van der Waals surface area contributed by atoms with E-state index >= 15 is 0 Å². The van der Waals surface area contributed by atoms with Crippen molar-refractivity contribution in [2.24, 2.45) is 0 Å². The number of carboxylic acid groups (broad SMARTS) is 1. The second-order valence-corrected chi connectivity index (χ2v) is 6.92. The number of aliphatic carboxylic acids is 1. The number of carboxylic acids is 1. The van der Waals surface area contributed by atoms with Gasteiger partial charge in [0.25, 0.3) is 0 Å². The lowest BCUT2D eigenvalue weighted by Crippen LogP contribution is -2.54. The standard InChI is InChI=1S/C19H26N2O4/c22-17(21(15-18(23)24)16-6-2-1-3-7-16)14-19(8-4-5-9-19)20-10-12-25-13-11-20/h1-3,6-7H,4-5,8-15H2,(H,23,24). The molecule has 2 fully saturated rings. The summed E-state index contributed by atoms with van der Waals surface area (Å²) >= 11 is 0. The Labute approximate surface area is 148 Å². The fourth-order valence-corrected chi connectivity index (χ4v) is 4.12. The molecule has 0 unspecified atom stereocenters. The van der Waals surface area contributed by atoms with Crippen LogP contribution in [0.5, 0.6) is 0 Å². The smallest absolute Gasteiger partial charge is 0.323 e. The topological polar surface area (TPSA) is 70.1 Å². The summed E-state index contributed by atoms with van der Waals surface area (Å²) in [6, 6.07) is 9.09. The molecular formula is C19H26N2O4. The number of hydrogen-bond acceptors (Lipinski definition) is 4. The van der Waals surface area contributed by atoms with Crippen LogP contribution < -0.4 is 4.90 Å². The molecule has 0 radical (unpaired) electrons. The fourth-order valence-electron chi connectivity index (χ4n) is 4.12. The summed E-state index contributed by atoms with van der Waals surface area (Å²) in [6.45, 7) is 2.79. The Kier molecular flexibility index (Phi) is 5.71. The van der Waals surface area contributed by atoms with Crippen molar-refractivity contribution < 1.29 is 19.4 Å². The summed E-state index contributed by atoms with van der Waals surface area (Å²) in [4.78, 5) is 28.2. The van der Waals surface area contributed by atoms with Gasteiger partial charge in [-0.3, -0.25) is 14.5 Å². The predicted molar refractivity (Wildman–Crippen MR) is 94.6 cm³/mol. The van der Waals surface area contributed by atoms with Crippen molar-refractivity contribution in [2.45, 2.75) is 37.6 Å². The number of anilines is 1. The zero-order valence-electron chi connectivity index (χ0n) is 14.5. The summed E-state index contributed by atoms with van der Waals surface area (Å²) in [5.41, 5.74) is 0.497. The van der Waals surface area contributed by atoms with Gasteiger partial charge < -0.3 is 14.7 Å². The highest BCUT2D eigenvalue weighted by Crippen LogP contribution is 2.39. The first-order valence-electron chi connectivity index (χ1n) is 9.01. The number of ether oxygens (including phenoxy) is 1. The van der Waals surface area contributed by atoms with Gasteiger partial charge in [0.05, 0.1) is 13.2 Å². The SMILES string of the molecule is O=C(O)CN(C(=O)CC1(N2CCOCC2)CCCC1)c1ccccc1. The van der Waals surface area contributed by atoms with E-state index in [1.807, 2.05) is 18.2 Å². The van der Waals surface area contributed by atoms with Crippen LogP contribution in [0.15, 0.2) is 30.3 Å². The fraction of sp³-hybridized carbons (Fsp3) is 0.579. The number of carbonyl (C=O) groups excluding carboxylic acids is 1. The first kappa shape index (κ1) is 17.9. The number of hydrogen-bond donors (Lipinski definition) is 1. The Balaban J connectivity index is 1.79. The molecule has 1 aromatic rings. The van der Waals surface area contributed by atoms with E-state index in [-0.39, 0.29) is 18.0 Å². The number of carbonyl (C=O) groups is 2. The molecule has 1 saturated carbocycles. The van der Waals surface area contributed by atoms with E-state index in [1.165, 1.54) is 4.90 Å². The summed E-state index contributed by atoms with van der Waals surface area (Å²) in [7, 11) is 0. The Morgan fingerprint density at radius 3 is 2.36 bits per heavy atom. The molecule has 0 bridgehead atoms. The van der Waals surface area contributed by atoms with Crippen LogP contribution in [0.4, 0.5) is 5.69 Å². The number of benzene rings is 1. The van der Waals surface area contributed by atoms with Gasteiger partial charge in [-0.25, -0.2) is 0 Å². The molecule has 1 saturated heterocycles. The first-order chi connectivity index (χ1) is 12.1. The maximum Gasteiger partial charge on any atom is 0.323 e. The van der Waals surface area contributed by atoms with Crippen LogP contribution in [0.3, 0.4) is 0 Å². The molecule has 0 spiro atoms. The monoisotopic (exact) mass is 346 g/mol. The van der Waals surface area contributed by atoms with Crippen LogP contribution in [0.2, 0.25) is 0 Å². The van der Waals surface area contributed by atoms with Crippen molar-refractivity contribution in [1.29, 1.82) is 0 Å². The van der Waals surface area contributed by atoms with Crippen LogP contribution in [0.1, 0.15) is 32.1 Å². The Morgan fingerprint density at radius 2 is 1.76 bits per heavy atom. The number of para-hydroxylation sites is 1. The minimum Gasteiger partial charge on any atom is -0.480 e. The summed E-state index contributed by atoms with van der Waals surface area (Å²) in [6.07, 6.45) is 4.60. The van der Waals surface area contributed by atoms with Crippen LogP contribution in [-0.2, 0) is 14.3 Å². The minimum atomic E-state index is -0.996. The van der Waals surface area contributed by atoms with Crippen molar-refractivity contribution in [3.05, 3.63) is 30.3 Å². The lowest BCUT2D eigenvalue weighted by molar-refractivity contribution is -0.137. The van der Waals surface area contributed by atoms with Gasteiger partial charge >= 0.3 is 5.97 Å². The minimum absolute atomic E-state index is 0.109. The highest BCUT2D eigenvalue weighted by atomic mass is 16.5. The largest absolute Gasteiger partial charge is 0.480 e. The molecule has 1 aromatic carbocycles. The molecule has 1 aliphatic carbocycles. The van der Waals surface area contributed by atoms with Gasteiger partial charge in [-0.05, 0) is 25.0 Å². The molecule has 6 nitrogen and oxygen atoms in total. The van der Waals surface area contributed by atoms with Gasteiger partial charge in [-0.1, -0.05) is 31.0 Å². The van der Waals surface area contributed by atoms with E-state index in [2.05, 4.69) is 4.90 Å². The average Bonchev–Trinajstić information content (AvgIpc) is 3.10. The molecule has 25 heavy (non-hydrogen) atoms. The number of nitrogens with zero attached hydrogens (tertiary/aromatic N) is 2.